The van der Waals surface area contributed by atoms with E-state index in [0.717, 1.165) is 0 Å². The number of amides is 1. The smallest absolute Gasteiger partial charge is 0.408 e. The predicted octanol–water partition coefficient (Wildman–Crippen LogP) is 4.80. The second-order valence-electron chi connectivity index (χ2n) is 9.02. The summed E-state index contributed by atoms with van der Waals surface area (Å²) in [6, 6.07) is 6.60. The molecule has 0 aliphatic heterocycles. The number of H-pyrrole nitrogens is 1. The van der Waals surface area contributed by atoms with Gasteiger partial charge < -0.3 is 19.8 Å². The Bertz CT molecular complexity index is 936. The molecule has 0 aliphatic carbocycles. The first kappa shape index (κ1) is 23.7. The Balaban J connectivity index is 2.14. The van der Waals surface area contributed by atoms with Gasteiger partial charge in [0, 0.05) is 11.6 Å². The summed E-state index contributed by atoms with van der Waals surface area (Å²) in [5.41, 5.74) is -0.254. The van der Waals surface area contributed by atoms with Gasteiger partial charge in [0.05, 0.1) is 22.6 Å². The molecule has 0 saturated heterocycles. The first-order chi connectivity index (χ1) is 13.9. The summed E-state index contributed by atoms with van der Waals surface area (Å²) >= 11 is 6.40. The van der Waals surface area contributed by atoms with Crippen LogP contribution in [0, 0.1) is 5.92 Å². The molecule has 0 unspecified atom stereocenters. The van der Waals surface area contributed by atoms with E-state index in [4.69, 9.17) is 21.1 Å². The van der Waals surface area contributed by atoms with E-state index < -0.39 is 17.2 Å². The summed E-state index contributed by atoms with van der Waals surface area (Å²) in [6.07, 6.45) is 1.55. The maximum Gasteiger partial charge on any atom is 0.408 e. The van der Waals surface area contributed by atoms with Crippen molar-refractivity contribution >= 4 is 17.7 Å². The highest BCUT2D eigenvalue weighted by molar-refractivity contribution is 6.32. The first-order valence-corrected chi connectivity index (χ1v) is 10.2. The molecular weight excluding hydrogens is 406 g/mol. The zero-order valence-electron chi connectivity index (χ0n) is 18.3. The summed E-state index contributed by atoms with van der Waals surface area (Å²) in [4.78, 5) is 30.4. The molecule has 1 heterocycles. The molecule has 0 aliphatic rings. The molecule has 2 N–H and O–H groups in total. The molecule has 0 spiro atoms. The number of carbonyl (C=O) groups excluding carboxylic acids is 1. The average Bonchev–Trinajstić information content (AvgIpc) is 2.58. The van der Waals surface area contributed by atoms with E-state index in [1.54, 1.807) is 18.2 Å². The number of nitrogens with one attached hydrogen (secondary N) is 2. The molecular formula is C22H30ClN3O4. The number of halogens is 1. The van der Waals surface area contributed by atoms with Gasteiger partial charge in [-0.25, -0.2) is 9.78 Å². The Hall–Kier alpha value is -2.54. The van der Waals surface area contributed by atoms with Crippen LogP contribution in [0.5, 0.6) is 5.75 Å². The summed E-state index contributed by atoms with van der Waals surface area (Å²) < 4.78 is 11.4. The minimum absolute atomic E-state index is 0.215. The number of nitrogens with zero attached hydrogens (tertiary/aromatic N) is 1. The number of hydrogen-bond acceptors (Lipinski definition) is 5. The second-order valence-corrected chi connectivity index (χ2v) is 9.42. The SMILES string of the molecule is CC(C)C[C@@](C)(COc1ccc(-c2cc(=O)[nH]cn2)cc1Cl)NC(=O)OC(C)(C)C. The summed E-state index contributed by atoms with van der Waals surface area (Å²) in [7, 11) is 0. The van der Waals surface area contributed by atoms with Gasteiger partial charge in [-0.2, -0.15) is 0 Å². The fraction of sp³-hybridized carbons (Fsp3) is 0.500. The topological polar surface area (TPSA) is 93.3 Å². The minimum Gasteiger partial charge on any atom is -0.490 e. The number of benzene rings is 1. The molecule has 0 fully saturated rings. The maximum atomic E-state index is 12.3. The third kappa shape index (κ3) is 7.37. The van der Waals surface area contributed by atoms with Gasteiger partial charge in [-0.05, 0) is 58.2 Å². The molecule has 0 radical (unpaired) electrons. The van der Waals surface area contributed by atoms with Crippen molar-refractivity contribution in [3.8, 4) is 17.0 Å². The standard InChI is InChI=1S/C22H30ClN3O4/c1-14(2)11-22(6,26-20(28)30-21(3,4)5)12-29-18-8-7-15(9-16(18)23)17-10-19(27)25-13-24-17/h7-10,13-14H,11-12H2,1-6H3,(H,26,28)(H,24,25,27)/t22-/m0/s1. The van der Waals surface area contributed by atoms with Crippen LogP contribution in [0.2, 0.25) is 5.02 Å². The molecule has 30 heavy (non-hydrogen) atoms. The maximum absolute atomic E-state index is 12.3. The molecule has 8 heteroatoms. The van der Waals surface area contributed by atoms with Crippen molar-refractivity contribution in [1.29, 1.82) is 0 Å². The van der Waals surface area contributed by atoms with Crippen LogP contribution in [0.1, 0.15) is 48.0 Å². The highest BCUT2D eigenvalue weighted by Gasteiger charge is 2.31. The van der Waals surface area contributed by atoms with Crippen molar-refractivity contribution in [2.45, 2.75) is 59.1 Å². The van der Waals surface area contributed by atoms with Crippen LogP contribution in [0.25, 0.3) is 11.3 Å². The van der Waals surface area contributed by atoms with Crippen LogP contribution in [-0.2, 0) is 4.74 Å². The number of aromatic nitrogens is 2. The van der Waals surface area contributed by atoms with Crippen molar-refractivity contribution in [3.63, 3.8) is 0 Å². The third-order valence-electron chi connectivity index (χ3n) is 4.11. The van der Waals surface area contributed by atoms with Gasteiger partial charge in [0.15, 0.2) is 0 Å². The van der Waals surface area contributed by atoms with Crippen molar-refractivity contribution in [2.75, 3.05) is 6.61 Å². The zero-order chi connectivity index (χ0) is 22.5. The number of hydrogen-bond donors (Lipinski definition) is 2. The van der Waals surface area contributed by atoms with Crippen LogP contribution in [0.4, 0.5) is 4.79 Å². The molecule has 1 atom stereocenters. The Labute approximate surface area is 182 Å². The molecule has 2 rings (SSSR count). The molecule has 0 bridgehead atoms. The largest absolute Gasteiger partial charge is 0.490 e. The lowest BCUT2D eigenvalue weighted by molar-refractivity contribution is 0.0408. The Morgan fingerprint density at radius 2 is 1.93 bits per heavy atom. The van der Waals surface area contributed by atoms with E-state index in [2.05, 4.69) is 29.1 Å². The lowest BCUT2D eigenvalue weighted by atomic mass is 9.91. The van der Waals surface area contributed by atoms with Gasteiger partial charge >= 0.3 is 6.09 Å². The van der Waals surface area contributed by atoms with Crippen LogP contribution < -0.4 is 15.6 Å². The normalized spacial score (nSPS) is 13.6. The molecule has 164 valence electrons. The highest BCUT2D eigenvalue weighted by atomic mass is 35.5. The lowest BCUT2D eigenvalue weighted by Gasteiger charge is -2.33. The van der Waals surface area contributed by atoms with Crippen LogP contribution in [0.3, 0.4) is 0 Å². The van der Waals surface area contributed by atoms with E-state index in [1.807, 2.05) is 27.7 Å². The van der Waals surface area contributed by atoms with Crippen molar-refractivity contribution in [2.24, 2.45) is 5.92 Å². The average molecular weight is 436 g/mol. The van der Waals surface area contributed by atoms with Crippen molar-refractivity contribution in [3.05, 3.63) is 46.0 Å². The van der Waals surface area contributed by atoms with Crippen molar-refractivity contribution in [1.82, 2.24) is 15.3 Å². The monoisotopic (exact) mass is 435 g/mol. The number of rotatable bonds is 7. The van der Waals surface area contributed by atoms with Gasteiger partial charge in [0.1, 0.15) is 18.0 Å². The molecule has 2 aromatic rings. The van der Waals surface area contributed by atoms with E-state index >= 15 is 0 Å². The summed E-state index contributed by atoms with van der Waals surface area (Å²) in [5, 5.41) is 3.32. The Morgan fingerprint density at radius 3 is 2.50 bits per heavy atom. The first-order valence-electron chi connectivity index (χ1n) is 9.85. The van der Waals surface area contributed by atoms with Crippen LogP contribution >= 0.6 is 11.6 Å². The van der Waals surface area contributed by atoms with Gasteiger partial charge in [0.25, 0.3) is 5.56 Å². The molecule has 7 nitrogen and oxygen atoms in total. The number of ether oxygens (including phenoxy) is 2. The van der Waals surface area contributed by atoms with Crippen LogP contribution in [0.15, 0.2) is 35.4 Å². The fourth-order valence-corrected chi connectivity index (χ4v) is 3.37. The highest BCUT2D eigenvalue weighted by Crippen LogP contribution is 2.30. The fourth-order valence-electron chi connectivity index (χ4n) is 3.14. The second kappa shape index (κ2) is 9.51. The number of alkyl carbamates (subject to hydrolysis) is 1. The quantitative estimate of drug-likeness (QED) is 0.651. The van der Waals surface area contributed by atoms with Gasteiger partial charge in [-0.3, -0.25) is 4.79 Å². The lowest BCUT2D eigenvalue weighted by Crippen LogP contribution is -2.52. The molecule has 1 amide bonds. The van der Waals surface area contributed by atoms with Gasteiger partial charge in [-0.1, -0.05) is 25.4 Å². The number of carbonyl (C=O) groups is 1. The Kier molecular flexibility index (Phi) is 7.53. The van der Waals surface area contributed by atoms with E-state index in [9.17, 15) is 9.59 Å². The molecule has 1 aromatic carbocycles. The summed E-state index contributed by atoms with van der Waals surface area (Å²) in [6.45, 7) is 11.7. The molecule has 1 aromatic heterocycles. The number of aromatic amines is 1. The van der Waals surface area contributed by atoms with Gasteiger partial charge in [-0.15, -0.1) is 0 Å². The van der Waals surface area contributed by atoms with Crippen molar-refractivity contribution < 1.29 is 14.3 Å². The molecule has 0 saturated carbocycles. The third-order valence-corrected chi connectivity index (χ3v) is 4.41. The predicted molar refractivity (Wildman–Crippen MR) is 118 cm³/mol. The summed E-state index contributed by atoms with van der Waals surface area (Å²) in [5.74, 6) is 0.805. The van der Waals surface area contributed by atoms with E-state index in [-0.39, 0.29) is 12.2 Å². The van der Waals surface area contributed by atoms with E-state index in [1.165, 1.54) is 12.4 Å². The Morgan fingerprint density at radius 1 is 1.23 bits per heavy atom. The van der Waals surface area contributed by atoms with Crippen LogP contribution in [-0.4, -0.2) is 33.8 Å². The minimum atomic E-state index is -0.646. The van der Waals surface area contributed by atoms with E-state index in [0.29, 0.717) is 34.4 Å². The zero-order valence-corrected chi connectivity index (χ0v) is 19.1. The van der Waals surface area contributed by atoms with Gasteiger partial charge in [0.2, 0.25) is 0 Å².